The highest BCUT2D eigenvalue weighted by atomic mass is 127. The number of guanidine groups is 1. The molecule has 8 heteroatoms. The molecule has 1 fully saturated rings. The third-order valence-electron chi connectivity index (χ3n) is 5.69. The van der Waals surface area contributed by atoms with Gasteiger partial charge in [0.05, 0.1) is 0 Å². The van der Waals surface area contributed by atoms with E-state index in [1.807, 2.05) is 29.9 Å². The van der Waals surface area contributed by atoms with Crippen LogP contribution in [0.15, 0.2) is 22.5 Å². The highest BCUT2D eigenvalue weighted by Crippen LogP contribution is 2.27. The zero-order chi connectivity index (χ0) is 19.8. The molecule has 2 aromatic rings. The van der Waals surface area contributed by atoms with Gasteiger partial charge >= 0.3 is 0 Å². The van der Waals surface area contributed by atoms with Crippen molar-refractivity contribution in [2.75, 3.05) is 6.54 Å². The van der Waals surface area contributed by atoms with Crippen molar-refractivity contribution in [3.05, 3.63) is 34.0 Å². The molecule has 0 aliphatic heterocycles. The summed E-state index contributed by atoms with van der Waals surface area (Å²) in [5, 5.41) is 17.7. The fraction of sp³-hybridized carbons (Fsp3) is 0.667. The Bertz CT molecular complexity index is 734. The standard InChI is InChI=1S/C21H34N6S.HI/c1-4-6-17-8-10-18(11-9-17)24-21(22-13-12-19-7-5-14-28-19)23-15-20-26-25-16(2)27(20)3;/h5,7,14,17-18H,4,6,8-13,15H2,1-3H3,(H2,22,23,24);1H. The molecule has 0 unspecified atom stereocenters. The molecule has 0 amide bonds. The van der Waals surface area contributed by atoms with Gasteiger partial charge in [-0.3, -0.25) is 0 Å². The van der Waals surface area contributed by atoms with Crippen LogP contribution in [-0.4, -0.2) is 33.3 Å². The number of halogens is 1. The van der Waals surface area contributed by atoms with Gasteiger partial charge in [0.25, 0.3) is 0 Å². The Morgan fingerprint density at radius 2 is 2.07 bits per heavy atom. The molecule has 0 saturated heterocycles. The second-order valence-corrected chi connectivity index (χ2v) is 8.83. The first kappa shape index (κ1) is 24.1. The molecule has 6 nitrogen and oxygen atoms in total. The summed E-state index contributed by atoms with van der Waals surface area (Å²) in [5.41, 5.74) is 0. The Balaban J connectivity index is 0.00000300. The Hall–Kier alpha value is -1.16. The van der Waals surface area contributed by atoms with Crippen LogP contribution in [0.5, 0.6) is 0 Å². The first-order chi connectivity index (χ1) is 13.7. The van der Waals surface area contributed by atoms with Gasteiger partial charge in [-0.05, 0) is 56.4 Å². The third kappa shape index (κ3) is 7.55. The maximum absolute atomic E-state index is 4.81. The van der Waals surface area contributed by atoms with Crippen molar-refractivity contribution in [2.24, 2.45) is 18.0 Å². The van der Waals surface area contributed by atoms with Crippen molar-refractivity contribution in [3.8, 4) is 0 Å². The van der Waals surface area contributed by atoms with Crippen molar-refractivity contribution in [2.45, 2.75) is 71.4 Å². The molecule has 2 heterocycles. The maximum Gasteiger partial charge on any atom is 0.191 e. The maximum atomic E-state index is 4.81. The number of nitrogens with one attached hydrogen (secondary N) is 2. The van der Waals surface area contributed by atoms with Crippen LogP contribution >= 0.6 is 35.3 Å². The number of aryl methyl sites for hydroxylation is 1. The highest BCUT2D eigenvalue weighted by Gasteiger charge is 2.21. The van der Waals surface area contributed by atoms with Crippen molar-refractivity contribution < 1.29 is 0 Å². The molecule has 29 heavy (non-hydrogen) atoms. The zero-order valence-electron chi connectivity index (χ0n) is 17.9. The summed E-state index contributed by atoms with van der Waals surface area (Å²) in [6, 6.07) is 4.81. The van der Waals surface area contributed by atoms with Gasteiger partial charge in [-0.2, -0.15) is 0 Å². The van der Waals surface area contributed by atoms with Crippen LogP contribution in [0, 0.1) is 12.8 Å². The molecule has 1 aliphatic carbocycles. The molecular weight excluding hydrogens is 495 g/mol. The van der Waals surface area contributed by atoms with Gasteiger partial charge in [0.15, 0.2) is 11.8 Å². The van der Waals surface area contributed by atoms with Crippen LogP contribution in [0.2, 0.25) is 0 Å². The van der Waals surface area contributed by atoms with E-state index in [-0.39, 0.29) is 24.0 Å². The first-order valence-corrected chi connectivity index (χ1v) is 11.5. The van der Waals surface area contributed by atoms with Crippen molar-refractivity contribution in [1.29, 1.82) is 0 Å². The summed E-state index contributed by atoms with van der Waals surface area (Å²) < 4.78 is 2.00. The van der Waals surface area contributed by atoms with E-state index in [0.29, 0.717) is 12.6 Å². The molecule has 3 rings (SSSR count). The number of aliphatic imine (C=N–C) groups is 1. The van der Waals surface area contributed by atoms with E-state index >= 15 is 0 Å². The normalized spacial score (nSPS) is 19.6. The summed E-state index contributed by atoms with van der Waals surface area (Å²) >= 11 is 1.81. The Kier molecular flexibility index (Phi) is 10.4. The summed E-state index contributed by atoms with van der Waals surface area (Å²) in [6.45, 7) is 5.68. The fourth-order valence-corrected chi connectivity index (χ4v) is 4.56. The largest absolute Gasteiger partial charge is 0.356 e. The van der Waals surface area contributed by atoms with E-state index in [4.69, 9.17) is 4.99 Å². The average Bonchev–Trinajstić information content (AvgIpc) is 3.32. The number of thiophene rings is 1. The minimum absolute atomic E-state index is 0. The predicted molar refractivity (Wildman–Crippen MR) is 132 cm³/mol. The van der Waals surface area contributed by atoms with Crippen LogP contribution in [-0.2, 0) is 20.0 Å². The summed E-state index contributed by atoms with van der Waals surface area (Å²) in [4.78, 5) is 6.21. The highest BCUT2D eigenvalue weighted by molar-refractivity contribution is 14.0. The van der Waals surface area contributed by atoms with Gasteiger partial charge in [0.1, 0.15) is 12.4 Å². The van der Waals surface area contributed by atoms with Gasteiger partial charge in [0, 0.05) is 24.5 Å². The zero-order valence-corrected chi connectivity index (χ0v) is 21.0. The average molecular weight is 531 g/mol. The molecule has 2 aromatic heterocycles. The smallest absolute Gasteiger partial charge is 0.191 e. The van der Waals surface area contributed by atoms with Crippen LogP contribution in [0.1, 0.15) is 62.0 Å². The Labute approximate surface area is 196 Å². The first-order valence-electron chi connectivity index (χ1n) is 10.6. The van der Waals surface area contributed by atoms with Crippen LogP contribution in [0.3, 0.4) is 0 Å². The molecule has 0 bridgehead atoms. The molecular formula is C21H35IN6S. The van der Waals surface area contributed by atoms with E-state index in [0.717, 1.165) is 36.5 Å². The summed E-state index contributed by atoms with van der Waals surface area (Å²) in [7, 11) is 1.99. The lowest BCUT2D eigenvalue weighted by atomic mass is 9.83. The lowest BCUT2D eigenvalue weighted by molar-refractivity contribution is 0.295. The Morgan fingerprint density at radius 3 is 2.69 bits per heavy atom. The second-order valence-electron chi connectivity index (χ2n) is 7.79. The van der Waals surface area contributed by atoms with Gasteiger partial charge in [-0.1, -0.05) is 25.8 Å². The van der Waals surface area contributed by atoms with Gasteiger partial charge in [0.2, 0.25) is 0 Å². The van der Waals surface area contributed by atoms with Crippen molar-refractivity contribution in [3.63, 3.8) is 0 Å². The molecule has 2 N–H and O–H groups in total. The number of rotatable bonds is 8. The number of aromatic nitrogens is 3. The number of hydrogen-bond donors (Lipinski definition) is 2. The van der Waals surface area contributed by atoms with E-state index in [1.165, 1.54) is 43.4 Å². The summed E-state index contributed by atoms with van der Waals surface area (Å²) in [6.07, 6.45) is 8.82. The lowest BCUT2D eigenvalue weighted by Crippen LogP contribution is -2.45. The quantitative estimate of drug-likeness (QED) is 0.301. The SMILES string of the molecule is CCCC1CCC(NC(=NCc2nnc(C)n2C)NCCc2cccs2)CC1.I. The van der Waals surface area contributed by atoms with Gasteiger partial charge in [-0.15, -0.1) is 45.5 Å². The fourth-order valence-electron chi connectivity index (χ4n) is 3.85. The molecule has 0 radical (unpaired) electrons. The Morgan fingerprint density at radius 1 is 1.28 bits per heavy atom. The van der Waals surface area contributed by atoms with Crippen LogP contribution < -0.4 is 10.6 Å². The topological polar surface area (TPSA) is 67.1 Å². The molecule has 1 aliphatic rings. The van der Waals surface area contributed by atoms with Crippen LogP contribution in [0.4, 0.5) is 0 Å². The van der Waals surface area contributed by atoms with E-state index < -0.39 is 0 Å². The van der Waals surface area contributed by atoms with Crippen molar-refractivity contribution >= 4 is 41.3 Å². The lowest BCUT2D eigenvalue weighted by Gasteiger charge is -2.30. The monoisotopic (exact) mass is 530 g/mol. The minimum atomic E-state index is 0. The van der Waals surface area contributed by atoms with Crippen molar-refractivity contribution in [1.82, 2.24) is 25.4 Å². The van der Waals surface area contributed by atoms with E-state index in [2.05, 4.69) is 45.3 Å². The number of hydrogen-bond acceptors (Lipinski definition) is 4. The molecule has 0 spiro atoms. The van der Waals surface area contributed by atoms with Crippen LogP contribution in [0.25, 0.3) is 0 Å². The van der Waals surface area contributed by atoms with E-state index in [9.17, 15) is 0 Å². The molecule has 0 aromatic carbocycles. The summed E-state index contributed by atoms with van der Waals surface area (Å²) in [5.74, 6) is 3.62. The second kappa shape index (κ2) is 12.5. The number of nitrogens with zero attached hydrogens (tertiary/aromatic N) is 4. The molecule has 162 valence electrons. The van der Waals surface area contributed by atoms with Gasteiger partial charge in [-0.25, -0.2) is 4.99 Å². The third-order valence-corrected chi connectivity index (χ3v) is 6.63. The molecule has 0 atom stereocenters. The van der Waals surface area contributed by atoms with E-state index in [1.54, 1.807) is 0 Å². The molecule has 1 saturated carbocycles. The predicted octanol–water partition coefficient (Wildman–Crippen LogP) is 4.44. The van der Waals surface area contributed by atoms with Gasteiger partial charge < -0.3 is 15.2 Å². The minimum Gasteiger partial charge on any atom is -0.356 e.